The van der Waals surface area contributed by atoms with E-state index in [0.717, 1.165) is 11.0 Å². The summed E-state index contributed by atoms with van der Waals surface area (Å²) in [5.41, 5.74) is 6.86. The third-order valence-corrected chi connectivity index (χ3v) is 4.81. The Morgan fingerprint density at radius 1 is 1.24 bits per heavy atom. The summed E-state index contributed by atoms with van der Waals surface area (Å²) in [7, 11) is 0. The lowest BCUT2D eigenvalue weighted by atomic mass is 10.1. The summed E-state index contributed by atoms with van der Waals surface area (Å²) >= 11 is 0. The van der Waals surface area contributed by atoms with Crippen LogP contribution in [0.2, 0.25) is 0 Å². The molecule has 1 aliphatic rings. The maximum Gasteiger partial charge on any atom is 0.268 e. The Morgan fingerprint density at radius 3 is 2.66 bits per heavy atom. The van der Waals surface area contributed by atoms with Crippen LogP contribution in [-0.4, -0.2) is 23.6 Å². The standard InChI is InChI=1S/C21H19FN4O3/c1-12(19-10-13-4-2-3-5-18(13)29-19)24-21(28)16-11-17(20(23)27)26(25-16)15-8-6-14(22)7-9-15/h2-10,12,17H,11H2,1H3,(H2,23,27)(H,24,28). The van der Waals surface area contributed by atoms with Crippen molar-refractivity contribution in [2.75, 3.05) is 5.01 Å². The Balaban J connectivity index is 1.53. The number of hydrazone groups is 1. The lowest BCUT2D eigenvalue weighted by Crippen LogP contribution is -2.40. The van der Waals surface area contributed by atoms with Crippen molar-refractivity contribution in [2.45, 2.75) is 25.4 Å². The van der Waals surface area contributed by atoms with Gasteiger partial charge in [0.1, 0.15) is 28.9 Å². The number of halogens is 1. The van der Waals surface area contributed by atoms with E-state index in [9.17, 15) is 14.0 Å². The van der Waals surface area contributed by atoms with Gasteiger partial charge in [-0.15, -0.1) is 0 Å². The maximum absolute atomic E-state index is 13.2. The van der Waals surface area contributed by atoms with Crippen LogP contribution in [0.5, 0.6) is 0 Å². The van der Waals surface area contributed by atoms with Gasteiger partial charge in [-0.05, 0) is 43.3 Å². The summed E-state index contributed by atoms with van der Waals surface area (Å²) in [6.07, 6.45) is 0.0609. The molecule has 2 atom stereocenters. The van der Waals surface area contributed by atoms with E-state index in [-0.39, 0.29) is 12.1 Å². The first kappa shape index (κ1) is 18.7. The lowest BCUT2D eigenvalue weighted by molar-refractivity contribution is -0.119. The highest BCUT2D eigenvalue weighted by Crippen LogP contribution is 2.26. The van der Waals surface area contributed by atoms with E-state index < -0.39 is 29.7 Å². The third-order valence-electron chi connectivity index (χ3n) is 4.81. The van der Waals surface area contributed by atoms with Gasteiger partial charge in [-0.25, -0.2) is 4.39 Å². The van der Waals surface area contributed by atoms with Crippen molar-refractivity contribution in [1.82, 2.24) is 5.32 Å². The monoisotopic (exact) mass is 394 g/mol. The molecule has 0 fully saturated rings. The molecular weight excluding hydrogens is 375 g/mol. The molecule has 0 bridgehead atoms. The average molecular weight is 394 g/mol. The quantitative estimate of drug-likeness (QED) is 0.695. The number of hydrogen-bond donors (Lipinski definition) is 2. The number of furan rings is 1. The highest BCUT2D eigenvalue weighted by molar-refractivity contribution is 6.40. The number of fused-ring (bicyclic) bond motifs is 1. The van der Waals surface area contributed by atoms with Crippen molar-refractivity contribution in [3.8, 4) is 0 Å². The minimum absolute atomic E-state index is 0.0609. The average Bonchev–Trinajstić information content (AvgIpc) is 3.33. The molecule has 1 aromatic heterocycles. The predicted octanol–water partition coefficient (Wildman–Crippen LogP) is 2.87. The van der Waals surface area contributed by atoms with Crippen molar-refractivity contribution in [3.63, 3.8) is 0 Å². The zero-order valence-electron chi connectivity index (χ0n) is 15.6. The Hall–Kier alpha value is -3.68. The van der Waals surface area contributed by atoms with Crippen LogP contribution in [0.4, 0.5) is 10.1 Å². The molecule has 0 aliphatic carbocycles. The molecule has 0 saturated heterocycles. The van der Waals surface area contributed by atoms with Crippen molar-refractivity contribution in [1.29, 1.82) is 0 Å². The number of para-hydroxylation sites is 1. The second kappa shape index (κ2) is 7.38. The maximum atomic E-state index is 13.2. The number of amides is 2. The van der Waals surface area contributed by atoms with Crippen molar-refractivity contribution >= 4 is 34.2 Å². The van der Waals surface area contributed by atoms with Crippen LogP contribution < -0.4 is 16.1 Å². The number of carbonyl (C=O) groups is 2. The van der Waals surface area contributed by atoms with Crippen molar-refractivity contribution < 1.29 is 18.4 Å². The zero-order chi connectivity index (χ0) is 20.5. The van der Waals surface area contributed by atoms with Gasteiger partial charge in [0, 0.05) is 11.8 Å². The van der Waals surface area contributed by atoms with Crippen LogP contribution in [0, 0.1) is 5.82 Å². The molecule has 29 heavy (non-hydrogen) atoms. The Labute approximate surface area is 166 Å². The molecule has 148 valence electrons. The second-order valence-corrected chi connectivity index (χ2v) is 6.87. The number of anilines is 1. The number of nitrogens with zero attached hydrogens (tertiary/aromatic N) is 2. The molecule has 0 radical (unpaired) electrons. The number of nitrogens with one attached hydrogen (secondary N) is 1. The molecule has 7 nitrogen and oxygen atoms in total. The van der Waals surface area contributed by atoms with Crippen LogP contribution >= 0.6 is 0 Å². The van der Waals surface area contributed by atoms with Gasteiger partial charge in [0.25, 0.3) is 5.91 Å². The molecule has 3 aromatic rings. The minimum Gasteiger partial charge on any atom is -0.459 e. The van der Waals surface area contributed by atoms with Gasteiger partial charge in [-0.2, -0.15) is 5.10 Å². The molecule has 0 spiro atoms. The highest BCUT2D eigenvalue weighted by Gasteiger charge is 2.35. The summed E-state index contributed by atoms with van der Waals surface area (Å²) in [5, 5.41) is 9.39. The van der Waals surface area contributed by atoms with Gasteiger partial charge in [0.2, 0.25) is 5.91 Å². The summed E-state index contributed by atoms with van der Waals surface area (Å²) in [6.45, 7) is 1.80. The number of nitrogens with two attached hydrogens (primary N) is 1. The number of carbonyl (C=O) groups excluding carboxylic acids is 2. The molecule has 2 heterocycles. The Morgan fingerprint density at radius 2 is 1.97 bits per heavy atom. The van der Waals surface area contributed by atoms with E-state index in [1.165, 1.54) is 29.3 Å². The largest absolute Gasteiger partial charge is 0.459 e. The van der Waals surface area contributed by atoms with E-state index >= 15 is 0 Å². The number of primary amides is 1. The summed E-state index contributed by atoms with van der Waals surface area (Å²) in [6, 6.07) is 13.7. The van der Waals surface area contributed by atoms with Crippen molar-refractivity contribution in [2.24, 2.45) is 10.8 Å². The summed E-state index contributed by atoms with van der Waals surface area (Å²) in [4.78, 5) is 24.6. The van der Waals surface area contributed by atoms with Gasteiger partial charge < -0.3 is 15.5 Å². The minimum atomic E-state index is -0.817. The van der Waals surface area contributed by atoms with Gasteiger partial charge in [-0.1, -0.05) is 18.2 Å². The Bertz CT molecular complexity index is 1070. The normalized spacial score (nSPS) is 17.2. The van der Waals surface area contributed by atoms with Crippen molar-refractivity contribution in [3.05, 3.63) is 66.2 Å². The first-order chi connectivity index (χ1) is 13.9. The molecule has 4 rings (SSSR count). The summed E-state index contributed by atoms with van der Waals surface area (Å²) < 4.78 is 19.0. The van der Waals surface area contributed by atoms with Crippen LogP contribution in [-0.2, 0) is 9.59 Å². The zero-order valence-corrected chi connectivity index (χ0v) is 15.6. The van der Waals surface area contributed by atoms with E-state index in [4.69, 9.17) is 10.2 Å². The van der Waals surface area contributed by atoms with E-state index in [1.54, 1.807) is 6.92 Å². The topological polar surface area (TPSA) is 101 Å². The second-order valence-electron chi connectivity index (χ2n) is 6.87. The van der Waals surface area contributed by atoms with Gasteiger partial charge in [0.05, 0.1) is 11.7 Å². The number of rotatable bonds is 5. The first-order valence-corrected chi connectivity index (χ1v) is 9.13. The summed E-state index contributed by atoms with van der Waals surface area (Å²) in [5.74, 6) is -0.842. The fraction of sp³-hybridized carbons (Fsp3) is 0.190. The number of hydrogen-bond acceptors (Lipinski definition) is 5. The Kier molecular flexibility index (Phi) is 4.75. The fourth-order valence-electron chi connectivity index (χ4n) is 3.27. The molecule has 0 saturated carbocycles. The predicted molar refractivity (Wildman–Crippen MR) is 107 cm³/mol. The SMILES string of the molecule is CC(NC(=O)C1=NN(c2ccc(F)cc2)C(C(N)=O)C1)c1cc2ccccc2o1. The van der Waals surface area contributed by atoms with E-state index in [0.29, 0.717) is 11.4 Å². The molecule has 2 unspecified atom stereocenters. The van der Waals surface area contributed by atoms with Crippen LogP contribution in [0.3, 0.4) is 0 Å². The van der Waals surface area contributed by atoms with Crippen LogP contribution in [0.1, 0.15) is 25.1 Å². The van der Waals surface area contributed by atoms with E-state index in [2.05, 4.69) is 10.4 Å². The molecule has 8 heteroatoms. The first-order valence-electron chi connectivity index (χ1n) is 9.13. The fourth-order valence-corrected chi connectivity index (χ4v) is 3.27. The van der Waals surface area contributed by atoms with Gasteiger partial charge in [0.15, 0.2) is 0 Å². The lowest BCUT2D eigenvalue weighted by Gasteiger charge is -2.20. The van der Waals surface area contributed by atoms with Crippen LogP contribution in [0.15, 0.2) is 64.1 Å². The highest BCUT2D eigenvalue weighted by atomic mass is 19.1. The molecule has 3 N–H and O–H groups in total. The molecule has 1 aliphatic heterocycles. The van der Waals surface area contributed by atoms with Crippen LogP contribution in [0.25, 0.3) is 11.0 Å². The molecule has 2 aromatic carbocycles. The van der Waals surface area contributed by atoms with E-state index in [1.807, 2.05) is 30.3 Å². The molecular formula is C21H19FN4O3. The van der Waals surface area contributed by atoms with Gasteiger partial charge >= 0.3 is 0 Å². The third kappa shape index (κ3) is 3.69. The number of benzene rings is 2. The van der Waals surface area contributed by atoms with Gasteiger partial charge in [-0.3, -0.25) is 14.6 Å². The smallest absolute Gasteiger partial charge is 0.268 e. The molecule has 2 amide bonds.